The van der Waals surface area contributed by atoms with Gasteiger partial charge in [-0.05, 0) is 64.9 Å². The lowest BCUT2D eigenvalue weighted by Crippen LogP contribution is -2.02. The van der Waals surface area contributed by atoms with E-state index in [4.69, 9.17) is 0 Å². The van der Waals surface area contributed by atoms with Crippen LogP contribution in [0.25, 0.3) is 0 Å². The van der Waals surface area contributed by atoms with Crippen molar-refractivity contribution in [3.63, 3.8) is 0 Å². The van der Waals surface area contributed by atoms with Crippen LogP contribution < -0.4 is 0 Å². The van der Waals surface area contributed by atoms with Crippen LogP contribution in [0.5, 0.6) is 0 Å². The molecule has 1 aromatic carbocycles. The highest BCUT2D eigenvalue weighted by Gasteiger charge is 2.30. The number of rotatable bonds is 4. The molecule has 0 aliphatic heterocycles. The first-order chi connectivity index (χ1) is 7.44. The maximum atomic E-state index is 12.3. The predicted octanol–water partition coefficient (Wildman–Crippen LogP) is 5.23. The molecule has 0 aliphatic rings. The van der Waals surface area contributed by atoms with Gasteiger partial charge >= 0.3 is 5.51 Å². The van der Waals surface area contributed by atoms with Gasteiger partial charge in [0.15, 0.2) is 0 Å². The molecule has 16 heavy (non-hydrogen) atoms. The molecule has 0 spiro atoms. The fraction of sp³-hybridized carbons (Fsp3) is 0.400. The number of thioether (sulfide) groups is 1. The summed E-state index contributed by atoms with van der Waals surface area (Å²) in [6, 6.07) is 5.03. The SMILES string of the molecule is FC(F)(F)Sc1cccc(I)c1CCCBr. The molecular formula is C10H9BrF3IS. The Balaban J connectivity index is 2.93. The quantitative estimate of drug-likeness (QED) is 0.362. The first kappa shape index (κ1) is 14.6. The molecule has 6 heteroatoms. The molecule has 0 atom stereocenters. The molecule has 0 bridgehead atoms. The zero-order valence-corrected chi connectivity index (χ0v) is 12.7. The third-order valence-electron chi connectivity index (χ3n) is 1.86. The van der Waals surface area contributed by atoms with Gasteiger partial charge in [0.1, 0.15) is 0 Å². The lowest BCUT2D eigenvalue weighted by molar-refractivity contribution is -0.0328. The molecule has 0 aliphatic carbocycles. The van der Waals surface area contributed by atoms with Gasteiger partial charge in [0, 0.05) is 13.8 Å². The second-order valence-electron chi connectivity index (χ2n) is 3.06. The largest absolute Gasteiger partial charge is 0.446 e. The molecule has 0 aromatic heterocycles. The fourth-order valence-electron chi connectivity index (χ4n) is 1.25. The summed E-state index contributed by atoms with van der Waals surface area (Å²) in [7, 11) is 0. The molecule has 0 fully saturated rings. The second-order valence-corrected chi connectivity index (χ2v) is 6.12. The predicted molar refractivity (Wildman–Crippen MR) is 73.2 cm³/mol. The van der Waals surface area contributed by atoms with Gasteiger partial charge in [0.25, 0.3) is 0 Å². The third-order valence-corrected chi connectivity index (χ3v) is 4.27. The van der Waals surface area contributed by atoms with Gasteiger partial charge in [-0.3, -0.25) is 0 Å². The van der Waals surface area contributed by atoms with Crippen molar-refractivity contribution in [2.75, 3.05) is 5.33 Å². The van der Waals surface area contributed by atoms with Crippen molar-refractivity contribution in [1.82, 2.24) is 0 Å². The maximum Gasteiger partial charge on any atom is 0.446 e. The Hall–Kier alpha value is 0.570. The van der Waals surface area contributed by atoms with Crippen molar-refractivity contribution >= 4 is 50.3 Å². The van der Waals surface area contributed by atoms with Crippen LogP contribution in [0.15, 0.2) is 23.1 Å². The normalized spacial score (nSPS) is 11.8. The fourth-order valence-corrected chi connectivity index (χ4v) is 3.21. The van der Waals surface area contributed by atoms with E-state index in [0.717, 1.165) is 20.9 Å². The zero-order valence-electron chi connectivity index (χ0n) is 8.15. The van der Waals surface area contributed by atoms with Crippen molar-refractivity contribution in [3.05, 3.63) is 27.3 Å². The van der Waals surface area contributed by atoms with Crippen LogP contribution in [-0.2, 0) is 6.42 Å². The molecule has 1 aromatic rings. The van der Waals surface area contributed by atoms with Crippen molar-refractivity contribution in [1.29, 1.82) is 0 Å². The molecule has 0 nitrogen and oxygen atoms in total. The smallest absolute Gasteiger partial charge is 0.160 e. The van der Waals surface area contributed by atoms with Gasteiger partial charge in [-0.1, -0.05) is 22.0 Å². The van der Waals surface area contributed by atoms with Gasteiger partial charge in [-0.15, -0.1) is 0 Å². The molecule has 1 rings (SSSR count). The highest BCUT2D eigenvalue weighted by Crippen LogP contribution is 2.39. The Labute approximate surface area is 119 Å². The van der Waals surface area contributed by atoms with Crippen LogP contribution in [-0.4, -0.2) is 10.8 Å². The minimum atomic E-state index is -4.21. The van der Waals surface area contributed by atoms with E-state index in [2.05, 4.69) is 38.5 Å². The Kier molecular flexibility index (Phi) is 5.93. The van der Waals surface area contributed by atoms with Crippen molar-refractivity contribution < 1.29 is 13.2 Å². The maximum absolute atomic E-state index is 12.3. The molecule has 0 radical (unpaired) electrons. The Morgan fingerprint density at radius 2 is 2.00 bits per heavy atom. The topological polar surface area (TPSA) is 0 Å². The summed E-state index contributed by atoms with van der Waals surface area (Å²) in [5, 5.41) is 0.800. The van der Waals surface area contributed by atoms with Crippen molar-refractivity contribution in [2.24, 2.45) is 0 Å². The summed E-state index contributed by atoms with van der Waals surface area (Å²) in [5.41, 5.74) is -3.42. The third kappa shape index (κ3) is 4.83. The number of benzene rings is 1. The van der Waals surface area contributed by atoms with Crippen LogP contribution in [0.3, 0.4) is 0 Å². The van der Waals surface area contributed by atoms with E-state index in [0.29, 0.717) is 11.3 Å². The Morgan fingerprint density at radius 1 is 1.31 bits per heavy atom. The summed E-state index contributed by atoms with van der Waals surface area (Å²) in [5.74, 6) is 0. The van der Waals surface area contributed by atoms with E-state index in [-0.39, 0.29) is 11.8 Å². The minimum absolute atomic E-state index is 0.0281. The summed E-state index contributed by atoms with van der Waals surface area (Å²) in [6.45, 7) is 0. The van der Waals surface area contributed by atoms with E-state index in [9.17, 15) is 13.2 Å². The number of alkyl halides is 4. The molecular weight excluding hydrogens is 416 g/mol. The lowest BCUT2D eigenvalue weighted by atomic mass is 10.1. The summed E-state index contributed by atoms with van der Waals surface area (Å²) in [6.07, 6.45) is 1.51. The number of hydrogen-bond acceptors (Lipinski definition) is 1. The molecule has 0 unspecified atom stereocenters. The Morgan fingerprint density at radius 3 is 2.56 bits per heavy atom. The van der Waals surface area contributed by atoms with Crippen LogP contribution >= 0.6 is 50.3 Å². The van der Waals surface area contributed by atoms with E-state index in [1.807, 2.05) is 6.07 Å². The highest BCUT2D eigenvalue weighted by atomic mass is 127. The average Bonchev–Trinajstić information content (AvgIpc) is 2.14. The standard InChI is InChI=1S/C10H9BrF3IS/c11-6-2-3-7-8(15)4-1-5-9(7)16-10(12,13)14/h1,4-5H,2-3,6H2. The van der Waals surface area contributed by atoms with Crippen molar-refractivity contribution in [2.45, 2.75) is 23.2 Å². The molecule has 0 amide bonds. The van der Waals surface area contributed by atoms with Gasteiger partial charge in [-0.2, -0.15) is 13.2 Å². The Bertz CT molecular complexity index is 354. The highest BCUT2D eigenvalue weighted by molar-refractivity contribution is 14.1. The molecule has 90 valence electrons. The summed E-state index contributed by atoms with van der Waals surface area (Å²) in [4.78, 5) is 0.320. The number of hydrogen-bond donors (Lipinski definition) is 0. The van der Waals surface area contributed by atoms with Gasteiger partial charge in [-0.25, -0.2) is 0 Å². The van der Waals surface area contributed by atoms with Gasteiger partial charge in [0.05, 0.1) is 0 Å². The number of halogens is 5. The van der Waals surface area contributed by atoms with Crippen molar-refractivity contribution in [3.8, 4) is 0 Å². The molecule has 0 saturated heterocycles. The van der Waals surface area contributed by atoms with E-state index < -0.39 is 5.51 Å². The second kappa shape index (κ2) is 6.49. The van der Waals surface area contributed by atoms with Crippen LogP contribution in [0.2, 0.25) is 0 Å². The molecule has 0 heterocycles. The first-order valence-electron chi connectivity index (χ1n) is 4.53. The monoisotopic (exact) mass is 424 g/mol. The first-order valence-corrected chi connectivity index (χ1v) is 7.55. The van der Waals surface area contributed by atoms with E-state index in [1.54, 1.807) is 6.07 Å². The zero-order chi connectivity index (χ0) is 12.2. The molecule has 0 saturated carbocycles. The van der Waals surface area contributed by atoms with Crippen LogP contribution in [0.4, 0.5) is 13.2 Å². The van der Waals surface area contributed by atoms with E-state index >= 15 is 0 Å². The van der Waals surface area contributed by atoms with E-state index in [1.165, 1.54) is 6.07 Å². The van der Waals surface area contributed by atoms with Crippen LogP contribution in [0, 0.1) is 3.57 Å². The lowest BCUT2D eigenvalue weighted by Gasteiger charge is -2.12. The average molecular weight is 425 g/mol. The summed E-state index contributed by atoms with van der Waals surface area (Å²) >= 11 is 5.34. The van der Waals surface area contributed by atoms with Crippen LogP contribution in [0.1, 0.15) is 12.0 Å². The van der Waals surface area contributed by atoms with Gasteiger partial charge < -0.3 is 0 Å². The molecule has 0 N–H and O–H groups in total. The summed E-state index contributed by atoms with van der Waals surface area (Å²) < 4.78 is 37.9. The van der Waals surface area contributed by atoms with Gasteiger partial charge in [0.2, 0.25) is 0 Å². The minimum Gasteiger partial charge on any atom is -0.160 e.